The van der Waals surface area contributed by atoms with Gasteiger partial charge in [-0.15, -0.1) is 12.4 Å². The number of hydrogen-bond donors (Lipinski definition) is 2. The van der Waals surface area contributed by atoms with E-state index >= 15 is 0 Å². The second kappa shape index (κ2) is 28.4. The summed E-state index contributed by atoms with van der Waals surface area (Å²) in [5, 5.41) is 2.90. The van der Waals surface area contributed by atoms with Crippen molar-refractivity contribution in [1.82, 2.24) is 5.32 Å². The van der Waals surface area contributed by atoms with E-state index in [1.165, 1.54) is 83.5 Å². The normalized spacial score (nSPS) is 11.6. The number of esters is 1. The molecule has 0 rings (SSSR count). The van der Waals surface area contributed by atoms with Crippen LogP contribution >= 0.6 is 12.4 Å². The van der Waals surface area contributed by atoms with Gasteiger partial charge in [0.05, 0.1) is 6.61 Å². The van der Waals surface area contributed by atoms with Crippen LogP contribution in [-0.2, 0) is 14.3 Å². The fourth-order valence-electron chi connectivity index (χ4n) is 4.08. The summed E-state index contributed by atoms with van der Waals surface area (Å²) in [5.41, 5.74) is 5.56. The molecule has 0 aliphatic heterocycles. The van der Waals surface area contributed by atoms with E-state index in [1.54, 1.807) is 0 Å². The molecule has 1 atom stereocenters. The standard InChI is InChI=1S/C28H56N2O3.ClH/c1-3-5-7-8-9-10-11-12-13-14-15-16-17-18-19-23-27(31)30-26(22-20-21-24-29)28(32)33-25-6-4-2;/h26H,3-25,29H2,1-2H3,(H,30,31);1H/t26-;/m0./s1. The smallest absolute Gasteiger partial charge is 0.328 e. The van der Waals surface area contributed by atoms with Gasteiger partial charge in [-0.25, -0.2) is 4.79 Å². The number of hydrogen-bond acceptors (Lipinski definition) is 4. The second-order valence-electron chi connectivity index (χ2n) is 9.63. The van der Waals surface area contributed by atoms with E-state index in [9.17, 15) is 9.59 Å². The summed E-state index contributed by atoms with van der Waals surface area (Å²) in [4.78, 5) is 24.6. The van der Waals surface area contributed by atoms with Crippen LogP contribution in [0.15, 0.2) is 0 Å². The molecule has 0 aliphatic carbocycles. The monoisotopic (exact) mass is 504 g/mol. The number of nitrogens with two attached hydrogens (primary N) is 1. The SMILES string of the molecule is CCCCCCCCCCCCCCCCCC(=O)N[C@@H](CCCCN)C(=O)OCCCC.Cl. The summed E-state index contributed by atoms with van der Waals surface area (Å²) in [6.07, 6.45) is 24.3. The van der Waals surface area contributed by atoms with E-state index in [0.29, 0.717) is 26.0 Å². The maximum Gasteiger partial charge on any atom is 0.328 e. The Bertz CT molecular complexity index is 449. The van der Waals surface area contributed by atoms with Gasteiger partial charge < -0.3 is 15.8 Å². The fraction of sp³-hybridized carbons (Fsp3) is 0.929. The van der Waals surface area contributed by atoms with Crippen molar-refractivity contribution >= 4 is 24.3 Å². The first-order valence-electron chi connectivity index (χ1n) is 14.3. The maximum atomic E-state index is 12.3. The summed E-state index contributed by atoms with van der Waals surface area (Å²) in [7, 11) is 0. The molecule has 0 saturated heterocycles. The average Bonchev–Trinajstić information content (AvgIpc) is 2.81. The number of nitrogens with one attached hydrogen (secondary N) is 1. The van der Waals surface area contributed by atoms with Crippen molar-refractivity contribution in [2.75, 3.05) is 13.2 Å². The van der Waals surface area contributed by atoms with E-state index < -0.39 is 6.04 Å². The maximum absolute atomic E-state index is 12.3. The summed E-state index contributed by atoms with van der Waals surface area (Å²) in [6.45, 7) is 5.36. The van der Waals surface area contributed by atoms with Gasteiger partial charge in [-0.1, -0.05) is 110 Å². The zero-order valence-electron chi connectivity index (χ0n) is 22.6. The Labute approximate surface area is 217 Å². The third-order valence-electron chi connectivity index (χ3n) is 6.32. The van der Waals surface area contributed by atoms with Crippen LogP contribution in [0, 0.1) is 0 Å². The van der Waals surface area contributed by atoms with E-state index in [4.69, 9.17) is 10.5 Å². The predicted molar refractivity (Wildman–Crippen MR) is 147 cm³/mol. The van der Waals surface area contributed by atoms with Gasteiger partial charge in [0.1, 0.15) is 6.04 Å². The molecule has 6 heteroatoms. The van der Waals surface area contributed by atoms with E-state index in [2.05, 4.69) is 19.2 Å². The molecule has 0 heterocycles. The lowest BCUT2D eigenvalue weighted by Crippen LogP contribution is -2.42. The molecule has 0 radical (unpaired) electrons. The van der Waals surface area contributed by atoms with Crippen molar-refractivity contribution in [1.29, 1.82) is 0 Å². The number of unbranched alkanes of at least 4 members (excludes halogenated alkanes) is 16. The highest BCUT2D eigenvalue weighted by molar-refractivity contribution is 5.85. The van der Waals surface area contributed by atoms with Crippen LogP contribution in [0.5, 0.6) is 0 Å². The molecule has 0 aliphatic rings. The van der Waals surface area contributed by atoms with Crippen LogP contribution in [-0.4, -0.2) is 31.1 Å². The summed E-state index contributed by atoms with van der Waals surface area (Å²) in [5.74, 6) is -0.333. The molecule has 0 aromatic heterocycles. The van der Waals surface area contributed by atoms with Gasteiger partial charge in [0.15, 0.2) is 0 Å². The van der Waals surface area contributed by atoms with Gasteiger partial charge in [-0.05, 0) is 38.6 Å². The largest absolute Gasteiger partial charge is 0.464 e. The molecule has 0 fully saturated rings. The Morgan fingerprint density at radius 3 is 1.62 bits per heavy atom. The minimum atomic E-state index is -0.530. The zero-order chi connectivity index (χ0) is 24.4. The first kappa shape index (κ1) is 35.4. The van der Waals surface area contributed by atoms with Gasteiger partial charge in [0.25, 0.3) is 0 Å². The Hall–Kier alpha value is -0.810. The highest BCUT2D eigenvalue weighted by Gasteiger charge is 2.21. The van der Waals surface area contributed by atoms with Crippen LogP contribution in [0.1, 0.15) is 149 Å². The molecule has 0 aromatic carbocycles. The lowest BCUT2D eigenvalue weighted by Gasteiger charge is -2.17. The first-order valence-corrected chi connectivity index (χ1v) is 14.3. The third kappa shape index (κ3) is 24.3. The summed E-state index contributed by atoms with van der Waals surface area (Å²) >= 11 is 0. The number of carbonyl (C=O) groups is 2. The van der Waals surface area contributed by atoms with Gasteiger partial charge >= 0.3 is 5.97 Å². The van der Waals surface area contributed by atoms with E-state index in [-0.39, 0.29) is 24.3 Å². The molecular weight excluding hydrogens is 448 g/mol. The van der Waals surface area contributed by atoms with Crippen LogP contribution in [0.25, 0.3) is 0 Å². The third-order valence-corrected chi connectivity index (χ3v) is 6.32. The van der Waals surface area contributed by atoms with Gasteiger partial charge in [-0.2, -0.15) is 0 Å². The van der Waals surface area contributed by atoms with E-state index in [1.807, 2.05) is 0 Å². The van der Waals surface area contributed by atoms with Gasteiger partial charge in [-0.3, -0.25) is 4.79 Å². The van der Waals surface area contributed by atoms with Crippen LogP contribution in [0.2, 0.25) is 0 Å². The number of halogens is 1. The Morgan fingerprint density at radius 2 is 1.15 bits per heavy atom. The molecule has 0 bridgehead atoms. The molecule has 1 amide bonds. The Kier molecular flexibility index (Phi) is 29.6. The molecule has 3 N–H and O–H groups in total. The molecule has 0 unspecified atom stereocenters. The van der Waals surface area contributed by atoms with Crippen molar-refractivity contribution in [3.63, 3.8) is 0 Å². The zero-order valence-corrected chi connectivity index (χ0v) is 23.4. The lowest BCUT2D eigenvalue weighted by atomic mass is 10.0. The van der Waals surface area contributed by atoms with Crippen LogP contribution < -0.4 is 11.1 Å². The predicted octanol–water partition coefficient (Wildman–Crippen LogP) is 7.63. The number of ether oxygens (including phenoxy) is 1. The van der Waals surface area contributed by atoms with Gasteiger partial charge in [0.2, 0.25) is 5.91 Å². The van der Waals surface area contributed by atoms with Gasteiger partial charge in [0, 0.05) is 6.42 Å². The summed E-state index contributed by atoms with van der Waals surface area (Å²) < 4.78 is 5.32. The van der Waals surface area contributed by atoms with E-state index in [0.717, 1.165) is 38.5 Å². The number of rotatable bonds is 25. The van der Waals surface area contributed by atoms with Crippen molar-refractivity contribution in [2.45, 2.75) is 155 Å². The topological polar surface area (TPSA) is 81.4 Å². The summed E-state index contributed by atoms with van der Waals surface area (Å²) in [6, 6.07) is -0.530. The number of amides is 1. The first-order chi connectivity index (χ1) is 16.2. The second-order valence-corrected chi connectivity index (χ2v) is 9.63. The Morgan fingerprint density at radius 1 is 0.676 bits per heavy atom. The Balaban J connectivity index is 0. The highest BCUT2D eigenvalue weighted by atomic mass is 35.5. The average molecular weight is 505 g/mol. The van der Waals surface area contributed by atoms with Crippen molar-refractivity contribution < 1.29 is 14.3 Å². The molecule has 0 spiro atoms. The molecule has 0 aromatic rings. The van der Waals surface area contributed by atoms with Crippen LogP contribution in [0.4, 0.5) is 0 Å². The molecule has 204 valence electrons. The number of carbonyl (C=O) groups excluding carboxylic acids is 2. The molecule has 34 heavy (non-hydrogen) atoms. The minimum Gasteiger partial charge on any atom is -0.464 e. The lowest BCUT2D eigenvalue weighted by molar-refractivity contribution is -0.148. The van der Waals surface area contributed by atoms with Crippen LogP contribution in [0.3, 0.4) is 0 Å². The van der Waals surface area contributed by atoms with Crippen molar-refractivity contribution in [2.24, 2.45) is 5.73 Å². The molecule has 0 saturated carbocycles. The van der Waals surface area contributed by atoms with Crippen molar-refractivity contribution in [3.05, 3.63) is 0 Å². The molecular formula is C28H57ClN2O3. The quantitative estimate of drug-likeness (QED) is 0.0988. The van der Waals surface area contributed by atoms with Crippen molar-refractivity contribution in [3.8, 4) is 0 Å². The fourth-order valence-corrected chi connectivity index (χ4v) is 4.08. The minimum absolute atomic E-state index is 0. The molecule has 5 nitrogen and oxygen atoms in total. The highest BCUT2D eigenvalue weighted by Crippen LogP contribution is 2.14.